The van der Waals surface area contributed by atoms with Crippen molar-refractivity contribution in [1.82, 2.24) is 10.2 Å². The van der Waals surface area contributed by atoms with E-state index in [1.165, 1.54) is 5.56 Å². The zero-order valence-corrected chi connectivity index (χ0v) is 18.3. The minimum atomic E-state index is -0.510. The van der Waals surface area contributed by atoms with Gasteiger partial charge in [-0.15, -0.1) is 11.3 Å². The molecule has 0 bridgehead atoms. The molecule has 7 nitrogen and oxygen atoms in total. The summed E-state index contributed by atoms with van der Waals surface area (Å²) in [4.78, 5) is 27.0. The van der Waals surface area contributed by atoms with Gasteiger partial charge in [0, 0.05) is 24.4 Å². The van der Waals surface area contributed by atoms with Gasteiger partial charge in [-0.3, -0.25) is 4.79 Å². The molecule has 2 heterocycles. The number of fused-ring (bicyclic) bond motifs is 1. The van der Waals surface area contributed by atoms with Gasteiger partial charge in [-0.05, 0) is 54.0 Å². The van der Waals surface area contributed by atoms with Gasteiger partial charge in [-0.2, -0.15) is 0 Å². The van der Waals surface area contributed by atoms with Crippen molar-refractivity contribution in [2.24, 2.45) is 5.73 Å². The number of methoxy groups -OCH3 is 2. The van der Waals surface area contributed by atoms with E-state index in [-0.39, 0.29) is 11.9 Å². The van der Waals surface area contributed by atoms with Gasteiger partial charge in [0.25, 0.3) is 0 Å². The number of benzene rings is 1. The van der Waals surface area contributed by atoms with Crippen molar-refractivity contribution in [3.05, 3.63) is 45.6 Å². The highest BCUT2D eigenvalue weighted by Gasteiger charge is 2.33. The molecule has 1 aromatic carbocycles. The summed E-state index contributed by atoms with van der Waals surface area (Å²) in [7, 11) is 3.27. The number of hydrogen-bond donors (Lipinski definition) is 2. The average molecular weight is 432 g/mol. The number of rotatable bonds is 9. The van der Waals surface area contributed by atoms with E-state index in [0.29, 0.717) is 31.0 Å². The number of unbranched alkanes of at least 4 members (excludes halogenated alkanes) is 2. The first-order valence-electron chi connectivity index (χ1n) is 10.2. The van der Waals surface area contributed by atoms with E-state index >= 15 is 0 Å². The van der Waals surface area contributed by atoms with E-state index < -0.39 is 6.03 Å². The largest absolute Gasteiger partial charge is 0.493 e. The van der Waals surface area contributed by atoms with E-state index in [2.05, 4.69) is 11.4 Å². The van der Waals surface area contributed by atoms with E-state index in [4.69, 9.17) is 15.2 Å². The van der Waals surface area contributed by atoms with Crippen LogP contribution in [0.5, 0.6) is 11.5 Å². The van der Waals surface area contributed by atoms with E-state index in [1.54, 1.807) is 25.6 Å². The summed E-state index contributed by atoms with van der Waals surface area (Å²) >= 11 is 1.66. The van der Waals surface area contributed by atoms with Crippen molar-refractivity contribution in [1.29, 1.82) is 0 Å². The van der Waals surface area contributed by atoms with Gasteiger partial charge in [0.15, 0.2) is 11.5 Å². The smallest absolute Gasteiger partial charge is 0.312 e. The Hall–Kier alpha value is -2.74. The Labute approximate surface area is 181 Å². The van der Waals surface area contributed by atoms with Crippen LogP contribution < -0.4 is 20.5 Å². The van der Waals surface area contributed by atoms with Crippen LogP contribution in [0.4, 0.5) is 4.79 Å². The molecule has 1 aliphatic rings. The normalized spacial score (nSPS) is 15.4. The van der Waals surface area contributed by atoms with E-state index in [0.717, 1.165) is 36.1 Å². The van der Waals surface area contributed by atoms with Crippen LogP contribution in [0.15, 0.2) is 29.6 Å². The fourth-order valence-electron chi connectivity index (χ4n) is 3.90. The topological polar surface area (TPSA) is 93.9 Å². The highest BCUT2D eigenvalue weighted by Crippen LogP contribution is 2.42. The minimum absolute atomic E-state index is 0.113. The first kappa shape index (κ1) is 22.0. The van der Waals surface area contributed by atoms with Crippen LogP contribution in [-0.4, -0.2) is 44.1 Å². The zero-order chi connectivity index (χ0) is 21.5. The number of primary amides is 1. The fourth-order valence-corrected chi connectivity index (χ4v) is 4.76. The Balaban J connectivity index is 1.75. The van der Waals surface area contributed by atoms with Crippen LogP contribution in [-0.2, 0) is 11.2 Å². The molecular formula is C22H29N3O4S. The maximum absolute atomic E-state index is 13.1. The molecule has 0 radical (unpaired) electrons. The lowest BCUT2D eigenvalue weighted by molar-refractivity contribution is -0.133. The Morgan fingerprint density at radius 3 is 2.63 bits per heavy atom. The number of nitrogens with one attached hydrogen (secondary N) is 1. The van der Waals surface area contributed by atoms with Gasteiger partial charge < -0.3 is 25.4 Å². The summed E-state index contributed by atoms with van der Waals surface area (Å²) in [6, 6.07) is 7.51. The van der Waals surface area contributed by atoms with Crippen molar-refractivity contribution in [3.63, 3.8) is 0 Å². The van der Waals surface area contributed by atoms with E-state index in [1.807, 2.05) is 28.5 Å². The maximum Gasteiger partial charge on any atom is 0.312 e. The molecule has 1 atom stereocenters. The number of thiophene rings is 1. The minimum Gasteiger partial charge on any atom is -0.493 e. The zero-order valence-electron chi connectivity index (χ0n) is 17.5. The molecule has 1 aliphatic heterocycles. The Morgan fingerprint density at radius 1 is 1.20 bits per heavy atom. The Morgan fingerprint density at radius 2 is 1.97 bits per heavy atom. The molecule has 0 spiro atoms. The quantitative estimate of drug-likeness (QED) is 0.595. The second-order valence-electron chi connectivity index (χ2n) is 7.26. The van der Waals surface area contributed by atoms with Gasteiger partial charge in [-0.25, -0.2) is 4.79 Å². The summed E-state index contributed by atoms with van der Waals surface area (Å²) in [5.74, 6) is 1.54. The lowest BCUT2D eigenvalue weighted by Gasteiger charge is -2.37. The molecule has 3 rings (SSSR count). The molecule has 0 saturated heterocycles. The molecule has 0 fully saturated rings. The van der Waals surface area contributed by atoms with Crippen molar-refractivity contribution in [2.45, 2.75) is 38.1 Å². The molecule has 0 aliphatic carbocycles. The molecule has 0 saturated carbocycles. The van der Waals surface area contributed by atoms with Crippen molar-refractivity contribution in [3.8, 4) is 11.5 Å². The lowest BCUT2D eigenvalue weighted by atomic mass is 9.90. The summed E-state index contributed by atoms with van der Waals surface area (Å²) in [5, 5.41) is 4.62. The van der Waals surface area contributed by atoms with Gasteiger partial charge >= 0.3 is 6.03 Å². The fraction of sp³-hybridized carbons (Fsp3) is 0.455. The number of nitrogens with two attached hydrogens (primary N) is 1. The maximum atomic E-state index is 13.1. The summed E-state index contributed by atoms with van der Waals surface area (Å²) in [6.45, 7) is 1.22. The predicted molar refractivity (Wildman–Crippen MR) is 117 cm³/mol. The van der Waals surface area contributed by atoms with Gasteiger partial charge in [0.2, 0.25) is 5.91 Å². The average Bonchev–Trinajstić information content (AvgIpc) is 3.28. The molecule has 1 aromatic heterocycles. The van der Waals surface area contributed by atoms with Gasteiger partial charge in [-0.1, -0.05) is 12.5 Å². The number of carbonyl (C=O) groups excluding carboxylic acids is 2. The van der Waals surface area contributed by atoms with Crippen LogP contribution in [0.25, 0.3) is 0 Å². The summed E-state index contributed by atoms with van der Waals surface area (Å²) in [5.41, 5.74) is 7.35. The van der Waals surface area contributed by atoms with Crippen LogP contribution in [0, 0.1) is 0 Å². The third-order valence-corrected chi connectivity index (χ3v) is 6.30. The van der Waals surface area contributed by atoms with Crippen molar-refractivity contribution in [2.75, 3.05) is 27.3 Å². The summed E-state index contributed by atoms with van der Waals surface area (Å²) < 4.78 is 11.0. The molecule has 30 heavy (non-hydrogen) atoms. The SMILES string of the molecule is COc1cc2c(cc1OC)[C@H](c1cccs1)N(C(=O)CCCCCNC(N)=O)CC2. The van der Waals surface area contributed by atoms with Crippen molar-refractivity contribution < 1.29 is 19.1 Å². The molecule has 162 valence electrons. The third-order valence-electron chi connectivity index (χ3n) is 5.37. The molecule has 2 aromatic rings. The molecule has 0 unspecified atom stereocenters. The van der Waals surface area contributed by atoms with Crippen LogP contribution in [0.2, 0.25) is 0 Å². The van der Waals surface area contributed by atoms with Crippen molar-refractivity contribution >= 4 is 23.3 Å². The standard InChI is InChI=1S/C22H29N3O4S/c1-28-17-13-15-9-11-25(20(26)8-4-3-5-10-24-22(23)27)21(19-7-6-12-30-19)16(15)14-18(17)29-2/h6-7,12-14,21H,3-5,8-11H2,1-2H3,(H3,23,24,27)/t21-/m1/s1. The Kier molecular flexibility index (Phi) is 7.57. The predicted octanol–water partition coefficient (Wildman–Crippen LogP) is 3.47. The van der Waals surface area contributed by atoms with Crippen LogP contribution >= 0.6 is 11.3 Å². The number of hydrogen-bond acceptors (Lipinski definition) is 5. The van der Waals surface area contributed by atoms with Crippen LogP contribution in [0.3, 0.4) is 0 Å². The highest BCUT2D eigenvalue weighted by atomic mass is 32.1. The lowest BCUT2D eigenvalue weighted by Crippen LogP contribution is -2.40. The van der Waals surface area contributed by atoms with Gasteiger partial charge in [0.05, 0.1) is 20.3 Å². The second-order valence-corrected chi connectivity index (χ2v) is 8.24. The summed E-state index contributed by atoms with van der Waals surface area (Å²) in [6.07, 6.45) is 3.73. The first-order valence-corrected chi connectivity index (χ1v) is 11.0. The second kappa shape index (κ2) is 10.3. The van der Waals surface area contributed by atoms with Gasteiger partial charge in [0.1, 0.15) is 0 Å². The molecule has 3 amide bonds. The number of nitrogens with zero attached hydrogens (tertiary/aromatic N) is 1. The third kappa shape index (κ3) is 5.05. The number of ether oxygens (including phenoxy) is 2. The Bertz CT molecular complexity index is 870. The number of amides is 3. The molecule has 3 N–H and O–H groups in total. The monoisotopic (exact) mass is 431 g/mol. The first-order chi connectivity index (χ1) is 14.5. The van der Waals surface area contributed by atoms with Crippen LogP contribution in [0.1, 0.15) is 47.7 Å². The molecular weight excluding hydrogens is 402 g/mol. The highest BCUT2D eigenvalue weighted by molar-refractivity contribution is 7.10. The molecule has 8 heteroatoms. The number of urea groups is 1. The van der Waals surface area contributed by atoms with E-state index in [9.17, 15) is 9.59 Å². The number of carbonyl (C=O) groups is 2.